The molecule has 5 aromatic carbocycles. The summed E-state index contributed by atoms with van der Waals surface area (Å²) in [7, 11) is 1.46. The maximum atomic E-state index is 13.3. The maximum Gasteiger partial charge on any atom is 0.266 e. The number of ether oxygens (including phenoxy) is 2. The Morgan fingerprint density at radius 3 is 1.55 bits per heavy atom. The van der Waals surface area contributed by atoms with Gasteiger partial charge in [-0.2, -0.15) is 0 Å². The predicted molar refractivity (Wildman–Crippen MR) is 177 cm³/mol. The fourth-order valence-corrected chi connectivity index (χ4v) is 6.02. The number of hydrogen-bond acceptors (Lipinski definition) is 6. The van der Waals surface area contributed by atoms with Gasteiger partial charge in [-0.3, -0.25) is 24.1 Å². The van der Waals surface area contributed by atoms with Gasteiger partial charge in [-0.15, -0.1) is 0 Å². The second kappa shape index (κ2) is 11.1. The topological polar surface area (TPSA) is 93.2 Å². The SMILES string of the molecule is Cc1cccc(N2C(=O)c3ccc(Oc4cccc(C(C)(C)c5cccc(Oc6ccc7c(c6)C(=O)N(C)C7=O)c5)c4)cc3C2=O)c1. The van der Waals surface area contributed by atoms with E-state index in [0.29, 0.717) is 50.9 Å². The minimum Gasteiger partial charge on any atom is -0.457 e. The summed E-state index contributed by atoms with van der Waals surface area (Å²) in [6, 6.07) is 32.6. The third-order valence-corrected chi connectivity index (χ3v) is 8.76. The highest BCUT2D eigenvalue weighted by atomic mass is 16.5. The first-order valence-electron chi connectivity index (χ1n) is 15.1. The number of aryl methyl sites for hydroxylation is 1. The third kappa shape index (κ3) is 5.13. The Morgan fingerprint density at radius 2 is 0.979 bits per heavy atom. The van der Waals surface area contributed by atoms with Crippen molar-refractivity contribution in [3.8, 4) is 23.0 Å². The molecule has 8 nitrogen and oxygen atoms in total. The summed E-state index contributed by atoms with van der Waals surface area (Å²) in [6.07, 6.45) is 0. The van der Waals surface area contributed by atoms with E-state index in [4.69, 9.17) is 9.47 Å². The zero-order chi connectivity index (χ0) is 33.0. The van der Waals surface area contributed by atoms with Crippen molar-refractivity contribution in [1.29, 1.82) is 0 Å². The number of rotatable bonds is 7. The van der Waals surface area contributed by atoms with Gasteiger partial charge in [0, 0.05) is 12.5 Å². The zero-order valence-electron chi connectivity index (χ0n) is 26.2. The maximum absolute atomic E-state index is 13.3. The van der Waals surface area contributed by atoms with Crippen molar-refractivity contribution in [3.05, 3.63) is 148 Å². The molecule has 2 aliphatic heterocycles. The predicted octanol–water partition coefficient (Wildman–Crippen LogP) is 7.93. The van der Waals surface area contributed by atoms with Gasteiger partial charge in [0.2, 0.25) is 0 Å². The number of benzene rings is 5. The largest absolute Gasteiger partial charge is 0.457 e. The third-order valence-electron chi connectivity index (χ3n) is 8.76. The van der Waals surface area contributed by atoms with E-state index >= 15 is 0 Å². The molecule has 0 saturated carbocycles. The Balaban J connectivity index is 1.11. The first kappa shape index (κ1) is 29.7. The summed E-state index contributed by atoms with van der Waals surface area (Å²) in [4.78, 5) is 53.4. The molecule has 4 amide bonds. The molecule has 0 N–H and O–H groups in total. The molecule has 2 aliphatic rings. The molecule has 8 heteroatoms. The van der Waals surface area contributed by atoms with Crippen LogP contribution in [0.2, 0.25) is 0 Å². The van der Waals surface area contributed by atoms with Crippen molar-refractivity contribution in [3.63, 3.8) is 0 Å². The van der Waals surface area contributed by atoms with Crippen LogP contribution in [0.1, 0.15) is 72.0 Å². The monoisotopic (exact) mass is 622 g/mol. The van der Waals surface area contributed by atoms with Crippen LogP contribution in [-0.2, 0) is 5.41 Å². The molecule has 2 heterocycles. The smallest absolute Gasteiger partial charge is 0.266 e. The van der Waals surface area contributed by atoms with Crippen molar-refractivity contribution < 1.29 is 28.7 Å². The second-order valence-electron chi connectivity index (χ2n) is 12.3. The molecule has 0 fully saturated rings. The Hall–Kier alpha value is -6.02. The van der Waals surface area contributed by atoms with Gasteiger partial charge in [0.15, 0.2) is 0 Å². The quantitative estimate of drug-likeness (QED) is 0.171. The van der Waals surface area contributed by atoms with Crippen LogP contribution in [-0.4, -0.2) is 35.6 Å². The summed E-state index contributed by atoms with van der Waals surface area (Å²) < 4.78 is 12.3. The number of imide groups is 2. The van der Waals surface area contributed by atoms with E-state index in [1.807, 2.05) is 73.7 Å². The van der Waals surface area contributed by atoms with Gasteiger partial charge < -0.3 is 9.47 Å². The van der Waals surface area contributed by atoms with E-state index in [0.717, 1.165) is 21.6 Å². The molecule has 5 aromatic rings. The first-order chi connectivity index (χ1) is 22.5. The van der Waals surface area contributed by atoms with E-state index in [-0.39, 0.29) is 23.6 Å². The van der Waals surface area contributed by atoms with E-state index in [1.165, 1.54) is 11.9 Å². The molecule has 0 unspecified atom stereocenters. The lowest BCUT2D eigenvalue weighted by molar-refractivity contribution is 0.0692. The lowest BCUT2D eigenvalue weighted by Gasteiger charge is -2.27. The van der Waals surface area contributed by atoms with Gasteiger partial charge >= 0.3 is 0 Å². The summed E-state index contributed by atoms with van der Waals surface area (Å²) in [5.41, 5.74) is 4.32. The van der Waals surface area contributed by atoms with Crippen LogP contribution >= 0.6 is 0 Å². The Bertz CT molecular complexity index is 2150. The van der Waals surface area contributed by atoms with E-state index < -0.39 is 5.41 Å². The van der Waals surface area contributed by atoms with Crippen LogP contribution in [0.4, 0.5) is 5.69 Å². The van der Waals surface area contributed by atoms with Crippen LogP contribution in [0.25, 0.3) is 0 Å². The molecular formula is C39H30N2O6. The standard InChI is InChI=1S/C39H30N2O6/c1-23-8-5-11-26(18-23)41-37(44)32-17-15-30(22-34(32)38(41)45)47-28-13-7-10-25(20-28)39(2,3)24-9-6-12-27(19-24)46-29-14-16-31-33(21-29)36(43)40(4)35(31)42/h5-22H,1-4H3. The van der Waals surface area contributed by atoms with Gasteiger partial charge in [-0.05, 0) is 96.4 Å². The van der Waals surface area contributed by atoms with Crippen LogP contribution < -0.4 is 14.4 Å². The van der Waals surface area contributed by atoms with Crippen molar-refractivity contribution in [1.82, 2.24) is 4.90 Å². The van der Waals surface area contributed by atoms with Crippen LogP contribution in [0.15, 0.2) is 109 Å². The molecule has 0 spiro atoms. The highest BCUT2D eigenvalue weighted by molar-refractivity contribution is 6.34. The molecule has 0 radical (unpaired) electrons. The number of anilines is 1. The van der Waals surface area contributed by atoms with Crippen molar-refractivity contribution in [2.24, 2.45) is 0 Å². The number of amides is 4. The summed E-state index contributed by atoms with van der Waals surface area (Å²) in [5.74, 6) is 0.661. The molecule has 0 bridgehead atoms. The molecule has 0 saturated heterocycles. The van der Waals surface area contributed by atoms with E-state index in [2.05, 4.69) is 13.8 Å². The minimum atomic E-state index is -0.462. The Labute approximate surface area is 271 Å². The summed E-state index contributed by atoms with van der Waals surface area (Å²) in [6.45, 7) is 6.11. The fraction of sp³-hybridized carbons (Fsp3) is 0.128. The van der Waals surface area contributed by atoms with Crippen molar-refractivity contribution in [2.75, 3.05) is 11.9 Å². The van der Waals surface area contributed by atoms with Crippen LogP contribution in [0.3, 0.4) is 0 Å². The number of hydrogen-bond donors (Lipinski definition) is 0. The number of nitrogens with zero attached hydrogens (tertiary/aromatic N) is 2. The molecule has 7 rings (SSSR count). The molecule has 0 atom stereocenters. The molecule has 0 aliphatic carbocycles. The van der Waals surface area contributed by atoms with Gasteiger partial charge in [0.1, 0.15) is 23.0 Å². The van der Waals surface area contributed by atoms with E-state index in [1.54, 1.807) is 42.5 Å². The van der Waals surface area contributed by atoms with Crippen molar-refractivity contribution >= 4 is 29.3 Å². The van der Waals surface area contributed by atoms with E-state index in [9.17, 15) is 19.2 Å². The average molecular weight is 623 g/mol. The molecule has 47 heavy (non-hydrogen) atoms. The van der Waals surface area contributed by atoms with Crippen LogP contribution in [0.5, 0.6) is 23.0 Å². The van der Waals surface area contributed by atoms with Crippen molar-refractivity contribution in [2.45, 2.75) is 26.2 Å². The Morgan fingerprint density at radius 1 is 0.511 bits per heavy atom. The Kier molecular flexibility index (Phi) is 7.01. The number of carbonyl (C=O) groups excluding carboxylic acids is 4. The zero-order valence-corrected chi connectivity index (χ0v) is 26.2. The van der Waals surface area contributed by atoms with Gasteiger partial charge in [-0.25, -0.2) is 4.90 Å². The number of carbonyl (C=O) groups is 4. The summed E-state index contributed by atoms with van der Waals surface area (Å²) >= 11 is 0. The number of fused-ring (bicyclic) bond motifs is 2. The lowest BCUT2D eigenvalue weighted by Crippen LogP contribution is -2.29. The van der Waals surface area contributed by atoms with Gasteiger partial charge in [0.05, 0.1) is 27.9 Å². The van der Waals surface area contributed by atoms with Gasteiger partial charge in [-0.1, -0.05) is 50.2 Å². The average Bonchev–Trinajstić information content (AvgIpc) is 3.44. The molecule has 232 valence electrons. The first-order valence-corrected chi connectivity index (χ1v) is 15.1. The fourth-order valence-electron chi connectivity index (χ4n) is 6.02. The molecule has 0 aromatic heterocycles. The lowest BCUT2D eigenvalue weighted by atomic mass is 9.78. The van der Waals surface area contributed by atoms with Crippen LogP contribution in [0, 0.1) is 6.92 Å². The second-order valence-corrected chi connectivity index (χ2v) is 12.3. The highest BCUT2D eigenvalue weighted by Gasteiger charge is 2.37. The summed E-state index contributed by atoms with van der Waals surface area (Å²) in [5, 5.41) is 0. The minimum absolute atomic E-state index is 0.300. The van der Waals surface area contributed by atoms with Gasteiger partial charge in [0.25, 0.3) is 23.6 Å². The molecular weight excluding hydrogens is 592 g/mol. The highest BCUT2D eigenvalue weighted by Crippen LogP contribution is 2.38. The normalized spacial score (nSPS) is 14.0.